The second-order valence-corrected chi connectivity index (χ2v) is 8.34. The molecule has 30 heavy (non-hydrogen) atoms. The lowest BCUT2D eigenvalue weighted by atomic mass is 9.83. The number of carboxylic acids is 1. The second-order valence-electron chi connectivity index (χ2n) is 8.34. The Morgan fingerprint density at radius 3 is 2.30 bits per heavy atom. The lowest BCUT2D eigenvalue weighted by molar-refractivity contribution is -0.140. The number of aryl methyl sites for hydroxylation is 1. The molecule has 1 N–H and O–H groups in total. The SMILES string of the molecule is Cc1cccc(C(=O)O)c1-c1cccc2cccc(OC(=O)C3CCC(C)CC3)c12. The maximum absolute atomic E-state index is 12.9. The van der Waals surface area contributed by atoms with Crippen molar-refractivity contribution < 1.29 is 19.4 Å². The number of carbonyl (C=O) groups is 2. The van der Waals surface area contributed by atoms with Gasteiger partial charge in [-0.05, 0) is 72.7 Å². The summed E-state index contributed by atoms with van der Waals surface area (Å²) in [5, 5.41) is 11.4. The van der Waals surface area contributed by atoms with Crippen molar-refractivity contribution in [1.82, 2.24) is 0 Å². The van der Waals surface area contributed by atoms with Gasteiger partial charge in [0.05, 0.1) is 11.5 Å². The van der Waals surface area contributed by atoms with Crippen LogP contribution in [-0.4, -0.2) is 17.0 Å². The standard InChI is InChI=1S/C26H26O4/c1-16-12-14-19(15-13-16)26(29)30-22-11-5-8-18-7-4-9-20(24(18)22)23-17(2)6-3-10-21(23)25(27)28/h3-11,16,19H,12-15H2,1-2H3,(H,27,28). The summed E-state index contributed by atoms with van der Waals surface area (Å²) >= 11 is 0. The zero-order valence-corrected chi connectivity index (χ0v) is 17.4. The number of benzene rings is 3. The van der Waals surface area contributed by atoms with Crippen molar-refractivity contribution in [1.29, 1.82) is 0 Å². The van der Waals surface area contributed by atoms with Gasteiger partial charge in [-0.2, -0.15) is 0 Å². The number of esters is 1. The molecule has 0 radical (unpaired) electrons. The van der Waals surface area contributed by atoms with Crippen molar-refractivity contribution in [3.63, 3.8) is 0 Å². The van der Waals surface area contributed by atoms with Gasteiger partial charge >= 0.3 is 11.9 Å². The van der Waals surface area contributed by atoms with E-state index in [1.807, 2.05) is 43.3 Å². The molecule has 4 rings (SSSR count). The average Bonchev–Trinajstić information content (AvgIpc) is 2.73. The molecule has 154 valence electrons. The highest BCUT2D eigenvalue weighted by atomic mass is 16.5. The van der Waals surface area contributed by atoms with Crippen LogP contribution < -0.4 is 4.74 Å². The van der Waals surface area contributed by atoms with E-state index in [-0.39, 0.29) is 17.5 Å². The van der Waals surface area contributed by atoms with Gasteiger partial charge < -0.3 is 9.84 Å². The Morgan fingerprint density at radius 1 is 0.933 bits per heavy atom. The fraction of sp³-hybridized carbons (Fsp3) is 0.308. The molecule has 1 saturated carbocycles. The predicted molar refractivity (Wildman–Crippen MR) is 118 cm³/mol. The van der Waals surface area contributed by atoms with Crippen molar-refractivity contribution in [2.75, 3.05) is 0 Å². The van der Waals surface area contributed by atoms with Crippen LogP contribution in [0.1, 0.15) is 48.5 Å². The summed E-state index contributed by atoms with van der Waals surface area (Å²) < 4.78 is 5.92. The van der Waals surface area contributed by atoms with Crippen LogP contribution in [0.25, 0.3) is 21.9 Å². The van der Waals surface area contributed by atoms with Gasteiger partial charge in [0.1, 0.15) is 5.75 Å². The van der Waals surface area contributed by atoms with Crippen LogP contribution >= 0.6 is 0 Å². The van der Waals surface area contributed by atoms with Gasteiger partial charge in [-0.25, -0.2) is 4.79 Å². The third-order valence-electron chi connectivity index (χ3n) is 6.20. The van der Waals surface area contributed by atoms with Gasteiger partial charge in [0.15, 0.2) is 0 Å². The second kappa shape index (κ2) is 8.31. The molecular weight excluding hydrogens is 376 g/mol. The molecule has 4 heteroatoms. The van der Waals surface area contributed by atoms with Crippen molar-refractivity contribution in [3.05, 3.63) is 65.7 Å². The average molecular weight is 402 g/mol. The highest BCUT2D eigenvalue weighted by Crippen LogP contribution is 2.39. The molecule has 1 aliphatic rings. The molecule has 3 aromatic carbocycles. The molecule has 0 spiro atoms. The number of fused-ring (bicyclic) bond motifs is 1. The van der Waals surface area contributed by atoms with E-state index in [9.17, 15) is 14.7 Å². The monoisotopic (exact) mass is 402 g/mol. The van der Waals surface area contributed by atoms with Crippen molar-refractivity contribution in [2.24, 2.45) is 11.8 Å². The molecule has 0 unspecified atom stereocenters. The van der Waals surface area contributed by atoms with Gasteiger partial charge in [0.2, 0.25) is 0 Å². The number of ether oxygens (including phenoxy) is 1. The minimum Gasteiger partial charge on any atom is -0.478 e. The summed E-state index contributed by atoms with van der Waals surface area (Å²) in [6, 6.07) is 16.6. The summed E-state index contributed by atoms with van der Waals surface area (Å²) in [4.78, 5) is 24.8. The molecule has 1 aliphatic carbocycles. The molecule has 0 saturated heterocycles. The van der Waals surface area contributed by atoms with Gasteiger partial charge in [-0.1, -0.05) is 49.4 Å². The van der Waals surface area contributed by atoms with E-state index in [0.717, 1.165) is 47.6 Å². The summed E-state index contributed by atoms with van der Waals surface area (Å²) in [6.07, 6.45) is 3.81. The van der Waals surface area contributed by atoms with Crippen molar-refractivity contribution >= 4 is 22.7 Å². The zero-order valence-electron chi connectivity index (χ0n) is 17.4. The molecular formula is C26H26O4. The number of carboxylic acid groups (broad SMARTS) is 1. The minimum absolute atomic E-state index is 0.0725. The van der Waals surface area contributed by atoms with Crippen LogP contribution in [0, 0.1) is 18.8 Å². The minimum atomic E-state index is -0.975. The van der Waals surface area contributed by atoms with E-state index in [2.05, 4.69) is 6.92 Å². The van der Waals surface area contributed by atoms with Crippen molar-refractivity contribution in [2.45, 2.75) is 39.5 Å². The number of hydrogen-bond acceptors (Lipinski definition) is 3. The van der Waals surface area contributed by atoms with Crippen LogP contribution in [0.5, 0.6) is 5.75 Å². The smallest absolute Gasteiger partial charge is 0.336 e. The largest absolute Gasteiger partial charge is 0.478 e. The topological polar surface area (TPSA) is 63.6 Å². The van der Waals surface area contributed by atoms with Gasteiger partial charge in [0, 0.05) is 5.39 Å². The molecule has 0 heterocycles. The Kier molecular flexibility index (Phi) is 5.58. The van der Waals surface area contributed by atoms with E-state index in [1.54, 1.807) is 18.2 Å². The maximum Gasteiger partial charge on any atom is 0.336 e. The first-order valence-corrected chi connectivity index (χ1v) is 10.5. The van der Waals surface area contributed by atoms with Crippen LogP contribution in [0.3, 0.4) is 0 Å². The molecule has 1 fully saturated rings. The third-order valence-corrected chi connectivity index (χ3v) is 6.20. The Labute approximate surface area is 176 Å². The Balaban J connectivity index is 1.81. The summed E-state index contributed by atoms with van der Waals surface area (Å²) in [5.74, 6) is -0.0828. The number of rotatable bonds is 4. The van der Waals surface area contributed by atoms with Crippen LogP contribution in [-0.2, 0) is 4.79 Å². The van der Waals surface area contributed by atoms with E-state index in [0.29, 0.717) is 17.2 Å². The van der Waals surface area contributed by atoms with Crippen LogP contribution in [0.4, 0.5) is 0 Å². The Hall–Kier alpha value is -3.14. The number of hydrogen-bond donors (Lipinski definition) is 1. The molecule has 0 amide bonds. The first-order chi connectivity index (χ1) is 14.5. The quantitative estimate of drug-likeness (QED) is 0.414. The Morgan fingerprint density at radius 2 is 1.60 bits per heavy atom. The van der Waals surface area contributed by atoms with Gasteiger partial charge in [-0.15, -0.1) is 0 Å². The maximum atomic E-state index is 12.9. The first-order valence-electron chi connectivity index (χ1n) is 10.5. The third kappa shape index (κ3) is 3.82. The summed E-state index contributed by atoms with van der Waals surface area (Å²) in [6.45, 7) is 4.12. The van der Waals surface area contributed by atoms with E-state index >= 15 is 0 Å². The lowest BCUT2D eigenvalue weighted by Gasteiger charge is -2.25. The van der Waals surface area contributed by atoms with E-state index in [1.165, 1.54) is 0 Å². The summed E-state index contributed by atoms with van der Waals surface area (Å²) in [7, 11) is 0. The fourth-order valence-corrected chi connectivity index (χ4v) is 4.49. The zero-order chi connectivity index (χ0) is 21.3. The van der Waals surface area contributed by atoms with Crippen LogP contribution in [0.2, 0.25) is 0 Å². The van der Waals surface area contributed by atoms with E-state index in [4.69, 9.17) is 4.74 Å². The highest BCUT2D eigenvalue weighted by Gasteiger charge is 2.27. The van der Waals surface area contributed by atoms with Gasteiger partial charge in [-0.3, -0.25) is 4.79 Å². The van der Waals surface area contributed by atoms with Crippen LogP contribution in [0.15, 0.2) is 54.6 Å². The Bertz CT molecular complexity index is 1100. The van der Waals surface area contributed by atoms with Crippen molar-refractivity contribution in [3.8, 4) is 16.9 Å². The molecule has 0 bridgehead atoms. The van der Waals surface area contributed by atoms with Gasteiger partial charge in [0.25, 0.3) is 0 Å². The molecule has 4 nitrogen and oxygen atoms in total. The molecule has 0 aromatic heterocycles. The molecule has 3 aromatic rings. The number of carbonyl (C=O) groups excluding carboxylic acids is 1. The summed E-state index contributed by atoms with van der Waals surface area (Å²) in [5.41, 5.74) is 2.53. The lowest BCUT2D eigenvalue weighted by Crippen LogP contribution is -2.25. The number of aromatic carboxylic acids is 1. The highest BCUT2D eigenvalue weighted by molar-refractivity contribution is 6.07. The molecule has 0 atom stereocenters. The first kappa shape index (κ1) is 20.1. The molecule has 0 aliphatic heterocycles. The fourth-order valence-electron chi connectivity index (χ4n) is 4.49. The normalized spacial score (nSPS) is 18.9. The van der Waals surface area contributed by atoms with E-state index < -0.39 is 5.97 Å². The predicted octanol–water partition coefficient (Wildman–Crippen LogP) is 6.25.